The minimum Gasteiger partial charge on any atom is -0.479 e. The van der Waals surface area contributed by atoms with Crippen LogP contribution in [-0.4, -0.2) is 28.8 Å². The highest BCUT2D eigenvalue weighted by atomic mass is 79.9. The van der Waals surface area contributed by atoms with Crippen molar-refractivity contribution in [3.8, 4) is 0 Å². The lowest BCUT2D eigenvalue weighted by Crippen LogP contribution is -2.03. The lowest BCUT2D eigenvalue weighted by atomic mass is 10.2. The molecule has 1 N–H and O–H groups in total. The molecule has 8 heteroatoms. The van der Waals surface area contributed by atoms with E-state index in [9.17, 15) is 14.9 Å². The molecule has 1 rings (SSSR count). The third-order valence-electron chi connectivity index (χ3n) is 1.64. The van der Waals surface area contributed by atoms with E-state index in [1.54, 1.807) is 6.07 Å². The van der Waals surface area contributed by atoms with Gasteiger partial charge < -0.3 is 9.94 Å². The number of nitrogens with zero attached hydrogens (tertiary/aromatic N) is 2. The number of hydrogen-bond acceptors (Lipinski definition) is 5. The van der Waals surface area contributed by atoms with Crippen LogP contribution < -0.4 is 0 Å². The van der Waals surface area contributed by atoms with Gasteiger partial charge in [-0.15, -0.1) is 0 Å². The van der Waals surface area contributed by atoms with Gasteiger partial charge in [0.1, 0.15) is 0 Å². The average Bonchev–Trinajstić information content (AvgIpc) is 2.25. The van der Waals surface area contributed by atoms with Crippen molar-refractivity contribution in [2.75, 3.05) is 6.61 Å². The van der Waals surface area contributed by atoms with Gasteiger partial charge in [0, 0.05) is 10.5 Å². The third kappa shape index (κ3) is 4.19. The number of carboxylic acid groups (broad SMARTS) is 1. The second-order valence-corrected chi connectivity index (χ2v) is 3.78. The summed E-state index contributed by atoms with van der Waals surface area (Å²) < 4.78 is 0.563. The zero-order chi connectivity index (χ0) is 12.8. The molecule has 0 spiro atoms. The number of rotatable bonds is 5. The monoisotopic (exact) mass is 302 g/mol. The van der Waals surface area contributed by atoms with Crippen molar-refractivity contribution < 1.29 is 19.7 Å². The molecule has 0 heterocycles. The fourth-order valence-electron chi connectivity index (χ4n) is 0.971. The van der Waals surface area contributed by atoms with Crippen LogP contribution in [-0.2, 0) is 9.63 Å². The highest BCUT2D eigenvalue weighted by Crippen LogP contribution is 2.22. The normalized spacial score (nSPS) is 10.4. The number of nitro groups is 1. The largest absolute Gasteiger partial charge is 0.479 e. The van der Waals surface area contributed by atoms with Gasteiger partial charge in [0.25, 0.3) is 5.69 Å². The molecule has 0 saturated carbocycles. The smallest absolute Gasteiger partial charge is 0.344 e. The Morgan fingerprint density at radius 3 is 2.94 bits per heavy atom. The molecule has 0 unspecified atom stereocenters. The number of benzene rings is 1. The predicted molar refractivity (Wildman–Crippen MR) is 62.0 cm³/mol. The zero-order valence-electron chi connectivity index (χ0n) is 8.37. The molecule has 0 saturated heterocycles. The standard InChI is InChI=1S/C9H7BrN2O5/c10-7-2-1-6(8(3-7)12(15)16)4-11-17-5-9(13)14/h1-4H,5H2,(H,13,14)/b11-4+. The zero-order valence-corrected chi connectivity index (χ0v) is 9.96. The highest BCUT2D eigenvalue weighted by Gasteiger charge is 2.12. The van der Waals surface area contributed by atoms with Crippen LogP contribution in [0.5, 0.6) is 0 Å². The second-order valence-electron chi connectivity index (χ2n) is 2.86. The Bertz CT molecular complexity index is 474. The SMILES string of the molecule is O=C(O)CO/N=C/c1ccc(Br)cc1[N+](=O)[O-]. The van der Waals surface area contributed by atoms with Gasteiger partial charge in [0.05, 0.1) is 16.7 Å². The Balaban J connectivity index is 2.83. The molecular formula is C9H7BrN2O5. The second kappa shape index (κ2) is 5.94. The summed E-state index contributed by atoms with van der Waals surface area (Å²) in [5, 5.41) is 22.3. The molecule has 0 atom stereocenters. The summed E-state index contributed by atoms with van der Waals surface area (Å²) in [6.45, 7) is -0.596. The first-order valence-corrected chi connectivity index (χ1v) is 5.11. The molecule has 1 aromatic carbocycles. The maximum absolute atomic E-state index is 10.7. The van der Waals surface area contributed by atoms with Gasteiger partial charge in [-0.25, -0.2) is 4.79 Å². The summed E-state index contributed by atoms with van der Waals surface area (Å²) in [6, 6.07) is 4.39. The Labute approximate surface area is 104 Å². The van der Waals surface area contributed by atoms with Gasteiger partial charge in [0.2, 0.25) is 6.61 Å². The number of hydrogen-bond donors (Lipinski definition) is 1. The van der Waals surface area contributed by atoms with Crippen LogP contribution in [0.4, 0.5) is 5.69 Å². The van der Waals surface area contributed by atoms with Crippen molar-refractivity contribution >= 4 is 33.8 Å². The number of halogens is 1. The average molecular weight is 303 g/mol. The van der Waals surface area contributed by atoms with E-state index in [1.807, 2.05) is 0 Å². The van der Waals surface area contributed by atoms with Gasteiger partial charge in [-0.05, 0) is 12.1 Å². The van der Waals surface area contributed by atoms with Crippen molar-refractivity contribution in [1.29, 1.82) is 0 Å². The molecule has 0 aliphatic carbocycles. The Hall–Kier alpha value is -1.96. The van der Waals surface area contributed by atoms with Gasteiger partial charge in [-0.1, -0.05) is 21.1 Å². The van der Waals surface area contributed by atoms with E-state index >= 15 is 0 Å². The quantitative estimate of drug-likeness (QED) is 0.507. The van der Waals surface area contributed by atoms with Gasteiger partial charge in [-0.2, -0.15) is 0 Å². The predicted octanol–water partition coefficient (Wildman–Crippen LogP) is 1.79. The van der Waals surface area contributed by atoms with Crippen molar-refractivity contribution in [3.63, 3.8) is 0 Å². The maximum Gasteiger partial charge on any atom is 0.344 e. The van der Waals surface area contributed by atoms with Crippen LogP contribution in [0.15, 0.2) is 27.8 Å². The fourth-order valence-corrected chi connectivity index (χ4v) is 1.32. The minimum atomic E-state index is -1.17. The molecule has 0 aliphatic rings. The molecule has 0 aliphatic heterocycles. The van der Waals surface area contributed by atoms with Crippen LogP contribution in [0.1, 0.15) is 5.56 Å². The van der Waals surface area contributed by atoms with Gasteiger partial charge in [-0.3, -0.25) is 10.1 Å². The number of carboxylic acids is 1. The molecule has 0 radical (unpaired) electrons. The third-order valence-corrected chi connectivity index (χ3v) is 2.14. The first-order chi connectivity index (χ1) is 8.00. The number of nitro benzene ring substituents is 1. The molecule has 0 fully saturated rings. The van der Waals surface area contributed by atoms with Gasteiger partial charge >= 0.3 is 5.97 Å². The summed E-state index contributed by atoms with van der Waals surface area (Å²) in [7, 11) is 0. The number of oxime groups is 1. The Morgan fingerprint density at radius 2 is 2.35 bits per heavy atom. The van der Waals surface area contributed by atoms with E-state index in [4.69, 9.17) is 5.11 Å². The Morgan fingerprint density at radius 1 is 1.65 bits per heavy atom. The molecule has 90 valence electrons. The number of aliphatic carboxylic acids is 1. The molecule has 0 aromatic heterocycles. The minimum absolute atomic E-state index is 0.151. The summed E-state index contributed by atoms with van der Waals surface area (Å²) in [6.07, 6.45) is 1.09. The summed E-state index contributed by atoms with van der Waals surface area (Å²) in [5.74, 6) is -1.17. The van der Waals surface area contributed by atoms with Crippen molar-refractivity contribution in [2.24, 2.45) is 5.16 Å². The maximum atomic E-state index is 10.7. The van der Waals surface area contributed by atoms with E-state index in [0.29, 0.717) is 4.47 Å². The van der Waals surface area contributed by atoms with Crippen LogP contribution in [0.2, 0.25) is 0 Å². The summed E-state index contributed by atoms with van der Waals surface area (Å²) in [5.41, 5.74) is 0.0747. The Kier molecular flexibility index (Phi) is 4.58. The van der Waals surface area contributed by atoms with E-state index in [1.165, 1.54) is 12.1 Å². The molecular weight excluding hydrogens is 296 g/mol. The van der Waals surface area contributed by atoms with Crippen LogP contribution in [0.3, 0.4) is 0 Å². The topological polar surface area (TPSA) is 102 Å². The highest BCUT2D eigenvalue weighted by molar-refractivity contribution is 9.10. The van der Waals surface area contributed by atoms with E-state index in [2.05, 4.69) is 25.9 Å². The van der Waals surface area contributed by atoms with Crippen molar-refractivity contribution in [1.82, 2.24) is 0 Å². The fraction of sp³-hybridized carbons (Fsp3) is 0.111. The summed E-state index contributed by atoms with van der Waals surface area (Å²) in [4.78, 5) is 24.7. The van der Waals surface area contributed by atoms with Crippen molar-refractivity contribution in [2.45, 2.75) is 0 Å². The van der Waals surface area contributed by atoms with Crippen molar-refractivity contribution in [3.05, 3.63) is 38.3 Å². The molecule has 0 amide bonds. The molecule has 1 aromatic rings. The first-order valence-electron chi connectivity index (χ1n) is 4.32. The van der Waals surface area contributed by atoms with Gasteiger partial charge in [0.15, 0.2) is 0 Å². The van der Waals surface area contributed by atoms with E-state index < -0.39 is 17.5 Å². The molecule has 7 nitrogen and oxygen atoms in total. The number of carbonyl (C=O) groups is 1. The van der Waals surface area contributed by atoms with Crippen LogP contribution >= 0.6 is 15.9 Å². The summed E-state index contributed by atoms with van der Waals surface area (Å²) >= 11 is 3.11. The molecule has 17 heavy (non-hydrogen) atoms. The van der Waals surface area contributed by atoms with Crippen LogP contribution in [0.25, 0.3) is 0 Å². The lowest BCUT2D eigenvalue weighted by Gasteiger charge is -1.98. The van der Waals surface area contributed by atoms with Crippen LogP contribution in [0, 0.1) is 10.1 Å². The van der Waals surface area contributed by atoms with E-state index in [-0.39, 0.29) is 11.3 Å². The lowest BCUT2D eigenvalue weighted by molar-refractivity contribution is -0.385. The van der Waals surface area contributed by atoms with E-state index in [0.717, 1.165) is 6.21 Å². The first kappa shape index (κ1) is 13.1. The molecule has 0 bridgehead atoms.